The van der Waals surface area contributed by atoms with Crippen LogP contribution in [0.3, 0.4) is 0 Å². The number of halogens is 1. The van der Waals surface area contributed by atoms with E-state index in [4.69, 9.17) is 5.11 Å². The molecule has 0 heterocycles. The Hall–Kier alpha value is -2.34. The Morgan fingerprint density at radius 2 is 1.86 bits per heavy atom. The first kappa shape index (κ1) is 15.1. The predicted molar refractivity (Wildman–Crippen MR) is 81.5 cm³/mol. The lowest BCUT2D eigenvalue weighted by atomic mass is 10.1. The van der Waals surface area contributed by atoms with Crippen LogP contribution in [0.4, 0.5) is 5.69 Å². The van der Waals surface area contributed by atoms with Gasteiger partial charge in [0.1, 0.15) is 5.75 Å². The summed E-state index contributed by atoms with van der Waals surface area (Å²) in [5.74, 6) is -1.41. The monoisotopic (exact) mass is 349 g/mol. The lowest BCUT2D eigenvalue weighted by molar-refractivity contribution is -0.115. The number of rotatable bonds is 4. The van der Waals surface area contributed by atoms with Gasteiger partial charge in [0.2, 0.25) is 5.91 Å². The fraction of sp³-hybridized carbons (Fsp3) is 0.0667. The maximum absolute atomic E-state index is 12.0. The van der Waals surface area contributed by atoms with Crippen molar-refractivity contribution in [3.05, 3.63) is 58.1 Å². The maximum atomic E-state index is 12.0. The van der Waals surface area contributed by atoms with Gasteiger partial charge >= 0.3 is 5.97 Å². The molecule has 2 aromatic carbocycles. The van der Waals surface area contributed by atoms with E-state index in [9.17, 15) is 14.7 Å². The molecular weight excluding hydrogens is 338 g/mol. The molecule has 1 amide bonds. The molecule has 0 bridgehead atoms. The summed E-state index contributed by atoms with van der Waals surface area (Å²) in [6.07, 6.45) is 0.0365. The molecule has 6 heteroatoms. The van der Waals surface area contributed by atoms with E-state index in [1.165, 1.54) is 18.2 Å². The van der Waals surface area contributed by atoms with E-state index in [1.807, 2.05) is 0 Å². The summed E-state index contributed by atoms with van der Waals surface area (Å²) >= 11 is 3.22. The third-order valence-electron chi connectivity index (χ3n) is 2.78. The Balaban J connectivity index is 2.18. The molecule has 3 N–H and O–H groups in total. The molecule has 0 aliphatic rings. The van der Waals surface area contributed by atoms with Crippen LogP contribution in [-0.4, -0.2) is 22.1 Å². The summed E-state index contributed by atoms with van der Waals surface area (Å²) < 4.78 is 0.492. The second-order valence-corrected chi connectivity index (χ2v) is 5.22. The van der Waals surface area contributed by atoms with Gasteiger partial charge in [-0.15, -0.1) is 0 Å². The van der Waals surface area contributed by atoms with Gasteiger partial charge in [0, 0.05) is 4.47 Å². The van der Waals surface area contributed by atoms with Crippen LogP contribution < -0.4 is 5.32 Å². The highest BCUT2D eigenvalue weighted by atomic mass is 79.9. The number of nitrogens with one attached hydrogen (secondary N) is 1. The fourth-order valence-corrected chi connectivity index (χ4v) is 2.33. The highest BCUT2D eigenvalue weighted by molar-refractivity contribution is 9.10. The minimum absolute atomic E-state index is 0.00799. The van der Waals surface area contributed by atoms with E-state index >= 15 is 0 Å². The first-order chi connectivity index (χ1) is 9.97. The van der Waals surface area contributed by atoms with Crippen molar-refractivity contribution in [2.75, 3.05) is 5.32 Å². The summed E-state index contributed by atoms with van der Waals surface area (Å²) in [6.45, 7) is 0. The smallest absolute Gasteiger partial charge is 0.337 e. The van der Waals surface area contributed by atoms with E-state index in [0.29, 0.717) is 10.0 Å². The molecule has 5 nitrogen and oxygen atoms in total. The molecule has 0 aromatic heterocycles. The summed E-state index contributed by atoms with van der Waals surface area (Å²) in [4.78, 5) is 23.2. The Morgan fingerprint density at radius 3 is 2.52 bits per heavy atom. The number of para-hydroxylation sites is 1. The Kier molecular flexibility index (Phi) is 4.59. The number of aromatic hydroxyl groups is 1. The highest BCUT2D eigenvalue weighted by Gasteiger charge is 2.15. The number of amides is 1. The number of hydrogen-bond acceptors (Lipinski definition) is 3. The second-order valence-electron chi connectivity index (χ2n) is 4.36. The van der Waals surface area contributed by atoms with Crippen LogP contribution in [0.5, 0.6) is 5.75 Å². The number of benzene rings is 2. The number of carboxylic acid groups (broad SMARTS) is 1. The minimum atomic E-state index is -1.12. The molecular formula is C15H12BrNO4. The van der Waals surface area contributed by atoms with Crippen molar-refractivity contribution in [3.8, 4) is 5.75 Å². The molecule has 0 saturated carbocycles. The van der Waals surface area contributed by atoms with E-state index in [2.05, 4.69) is 21.2 Å². The van der Waals surface area contributed by atoms with Crippen molar-refractivity contribution in [2.24, 2.45) is 0 Å². The largest absolute Gasteiger partial charge is 0.508 e. The van der Waals surface area contributed by atoms with E-state index < -0.39 is 5.97 Å². The Labute approximate surface area is 129 Å². The van der Waals surface area contributed by atoms with Gasteiger partial charge < -0.3 is 15.5 Å². The quantitative estimate of drug-likeness (QED) is 0.791. The molecule has 0 aliphatic carbocycles. The van der Waals surface area contributed by atoms with Gasteiger partial charge in [-0.05, 0) is 45.8 Å². The number of phenolic OH excluding ortho intramolecular Hbond substituents is 1. The summed E-state index contributed by atoms with van der Waals surface area (Å²) in [6, 6.07) is 11.0. The van der Waals surface area contributed by atoms with Crippen LogP contribution in [0.25, 0.3) is 0 Å². The molecule has 0 radical (unpaired) electrons. The summed E-state index contributed by atoms with van der Waals surface area (Å²) in [5, 5.41) is 21.1. The highest BCUT2D eigenvalue weighted by Crippen LogP contribution is 2.26. The van der Waals surface area contributed by atoms with Gasteiger partial charge in [-0.25, -0.2) is 4.79 Å². The third kappa shape index (κ3) is 3.82. The topological polar surface area (TPSA) is 86.6 Å². The van der Waals surface area contributed by atoms with E-state index in [1.54, 1.807) is 24.3 Å². The lowest BCUT2D eigenvalue weighted by Gasteiger charge is -2.10. The zero-order valence-corrected chi connectivity index (χ0v) is 12.4. The first-order valence-corrected chi connectivity index (χ1v) is 6.86. The minimum Gasteiger partial charge on any atom is -0.508 e. The first-order valence-electron chi connectivity index (χ1n) is 6.07. The second kappa shape index (κ2) is 6.41. The van der Waals surface area contributed by atoms with Crippen molar-refractivity contribution in [1.82, 2.24) is 0 Å². The number of carbonyl (C=O) groups excluding carboxylic acids is 1. The van der Waals surface area contributed by atoms with Gasteiger partial charge in [0.05, 0.1) is 17.7 Å². The summed E-state index contributed by atoms with van der Waals surface area (Å²) in [5.41, 5.74) is 0.861. The number of carboxylic acids is 1. The van der Waals surface area contributed by atoms with Crippen molar-refractivity contribution in [3.63, 3.8) is 0 Å². The van der Waals surface area contributed by atoms with Gasteiger partial charge in [0.15, 0.2) is 0 Å². The average molecular weight is 350 g/mol. The normalized spacial score (nSPS) is 10.1. The predicted octanol–water partition coefficient (Wildman–Crippen LogP) is 3.03. The zero-order chi connectivity index (χ0) is 15.4. The molecule has 0 unspecified atom stereocenters. The molecule has 0 spiro atoms. The average Bonchev–Trinajstić information content (AvgIpc) is 2.40. The fourth-order valence-electron chi connectivity index (χ4n) is 1.86. The molecule has 2 rings (SSSR count). The van der Waals surface area contributed by atoms with Crippen LogP contribution in [0.1, 0.15) is 15.9 Å². The third-order valence-corrected chi connectivity index (χ3v) is 3.44. The Morgan fingerprint density at radius 1 is 1.14 bits per heavy atom. The molecule has 0 atom stereocenters. The SMILES string of the molecule is O=C(Cc1cccc(O)c1)Nc1c(Br)cccc1C(=O)O. The molecule has 21 heavy (non-hydrogen) atoms. The maximum Gasteiger partial charge on any atom is 0.337 e. The molecule has 108 valence electrons. The number of phenols is 1. The van der Waals surface area contributed by atoms with Crippen LogP contribution in [-0.2, 0) is 11.2 Å². The number of aromatic carboxylic acids is 1. The standard InChI is InChI=1S/C15H12BrNO4/c16-12-6-2-5-11(15(20)21)14(12)17-13(19)8-9-3-1-4-10(18)7-9/h1-7,18H,8H2,(H,17,19)(H,20,21). The Bertz CT molecular complexity index is 700. The molecule has 0 fully saturated rings. The van der Waals surface area contributed by atoms with Gasteiger partial charge in [0.25, 0.3) is 0 Å². The molecule has 2 aromatic rings. The van der Waals surface area contributed by atoms with Crippen molar-refractivity contribution in [1.29, 1.82) is 0 Å². The van der Waals surface area contributed by atoms with Crippen molar-refractivity contribution < 1.29 is 19.8 Å². The zero-order valence-electron chi connectivity index (χ0n) is 10.8. The van der Waals surface area contributed by atoms with Crippen molar-refractivity contribution >= 4 is 33.5 Å². The van der Waals surface area contributed by atoms with E-state index in [0.717, 1.165) is 0 Å². The van der Waals surface area contributed by atoms with Crippen LogP contribution in [0.15, 0.2) is 46.9 Å². The number of anilines is 1. The van der Waals surface area contributed by atoms with Crippen LogP contribution in [0, 0.1) is 0 Å². The van der Waals surface area contributed by atoms with Crippen LogP contribution in [0.2, 0.25) is 0 Å². The van der Waals surface area contributed by atoms with Gasteiger partial charge in [-0.3, -0.25) is 4.79 Å². The van der Waals surface area contributed by atoms with Crippen molar-refractivity contribution in [2.45, 2.75) is 6.42 Å². The van der Waals surface area contributed by atoms with Gasteiger partial charge in [-0.1, -0.05) is 18.2 Å². The lowest BCUT2D eigenvalue weighted by Crippen LogP contribution is -2.17. The van der Waals surface area contributed by atoms with E-state index in [-0.39, 0.29) is 29.3 Å². The number of hydrogen-bond donors (Lipinski definition) is 3. The van der Waals surface area contributed by atoms with Crippen LogP contribution >= 0.6 is 15.9 Å². The number of carbonyl (C=O) groups is 2. The molecule has 0 saturated heterocycles. The summed E-state index contributed by atoms with van der Waals surface area (Å²) in [7, 11) is 0. The molecule has 0 aliphatic heterocycles. The van der Waals surface area contributed by atoms with Gasteiger partial charge in [-0.2, -0.15) is 0 Å².